The molecule has 0 aliphatic carbocycles. The van der Waals surface area contributed by atoms with Gasteiger partial charge < -0.3 is 4.74 Å². The van der Waals surface area contributed by atoms with E-state index in [0.29, 0.717) is 21.1 Å². The Hall–Kier alpha value is -2.13. The van der Waals surface area contributed by atoms with Crippen LogP contribution in [0.5, 0.6) is 11.8 Å². The lowest BCUT2D eigenvalue weighted by molar-refractivity contribution is -0.135. The molecular weight excluding hydrogens is 382 g/mol. The van der Waals surface area contributed by atoms with E-state index >= 15 is 0 Å². The third-order valence-electron chi connectivity index (χ3n) is 3.17. The van der Waals surface area contributed by atoms with Crippen LogP contribution in [0.2, 0.25) is 10.0 Å². The summed E-state index contributed by atoms with van der Waals surface area (Å²) in [5.74, 6) is 0.238. The van der Waals surface area contributed by atoms with Gasteiger partial charge in [0.1, 0.15) is 11.0 Å². The molecule has 0 saturated heterocycles. The number of fused-ring (bicyclic) bond motifs is 1. The van der Waals surface area contributed by atoms with Gasteiger partial charge >= 0.3 is 12.2 Å². The number of halogens is 5. The largest absolute Gasteiger partial charge is 0.422 e. The van der Waals surface area contributed by atoms with Crippen LogP contribution in [-0.2, 0) is 6.54 Å². The molecule has 0 amide bonds. The van der Waals surface area contributed by atoms with Crippen LogP contribution in [0.25, 0.3) is 11.0 Å². The third-order valence-corrected chi connectivity index (χ3v) is 3.58. The second-order valence-corrected chi connectivity index (χ2v) is 5.96. The molecule has 3 aromatic rings. The standard InChI is InChI=1S/C14H10Cl2F3N5O/c15-8-4-10-12(24(23-22-10)3-1-2-14(17,18)19)11(5-8)25-13-20-6-9(16)7-21-13/h4-7H,1-3H2. The summed E-state index contributed by atoms with van der Waals surface area (Å²) < 4.78 is 43.9. The number of benzene rings is 1. The number of nitrogens with zero attached hydrogens (tertiary/aromatic N) is 5. The molecule has 2 aromatic heterocycles. The van der Waals surface area contributed by atoms with E-state index in [9.17, 15) is 13.2 Å². The second kappa shape index (κ2) is 7.01. The lowest BCUT2D eigenvalue weighted by Crippen LogP contribution is -2.10. The topological polar surface area (TPSA) is 65.7 Å². The van der Waals surface area contributed by atoms with Crippen molar-refractivity contribution in [3.8, 4) is 11.8 Å². The first kappa shape index (κ1) is 17.7. The van der Waals surface area contributed by atoms with E-state index in [-0.39, 0.29) is 24.7 Å². The fourth-order valence-corrected chi connectivity index (χ4v) is 2.46. The highest BCUT2D eigenvalue weighted by atomic mass is 35.5. The number of aromatic nitrogens is 5. The van der Waals surface area contributed by atoms with Gasteiger partial charge in [-0.1, -0.05) is 28.4 Å². The highest BCUT2D eigenvalue weighted by molar-refractivity contribution is 6.31. The van der Waals surface area contributed by atoms with Gasteiger partial charge in [-0.15, -0.1) is 5.10 Å². The molecule has 0 spiro atoms. The Morgan fingerprint density at radius 1 is 1.08 bits per heavy atom. The average molecular weight is 392 g/mol. The van der Waals surface area contributed by atoms with Crippen LogP contribution in [0.3, 0.4) is 0 Å². The average Bonchev–Trinajstić information content (AvgIpc) is 2.91. The third kappa shape index (κ3) is 4.49. The Balaban J connectivity index is 1.90. The zero-order valence-electron chi connectivity index (χ0n) is 12.5. The van der Waals surface area contributed by atoms with Gasteiger partial charge in [0, 0.05) is 24.1 Å². The lowest BCUT2D eigenvalue weighted by Gasteiger charge is -2.09. The van der Waals surface area contributed by atoms with Crippen molar-refractivity contribution in [3.05, 3.63) is 34.6 Å². The summed E-state index contributed by atoms with van der Waals surface area (Å²) >= 11 is 11.7. The summed E-state index contributed by atoms with van der Waals surface area (Å²) in [6.45, 7) is 0.0233. The molecule has 25 heavy (non-hydrogen) atoms. The normalized spacial score (nSPS) is 11.9. The predicted octanol–water partition coefficient (Wildman–Crippen LogP) is 4.66. The molecule has 1 aromatic carbocycles. The second-order valence-electron chi connectivity index (χ2n) is 5.09. The molecule has 0 unspecified atom stereocenters. The van der Waals surface area contributed by atoms with Crippen LogP contribution in [0, 0.1) is 0 Å². The van der Waals surface area contributed by atoms with Gasteiger partial charge in [0.2, 0.25) is 0 Å². The first-order valence-corrected chi connectivity index (χ1v) is 7.82. The molecule has 6 nitrogen and oxygen atoms in total. The molecule has 3 rings (SSSR count). The number of aryl methyl sites for hydroxylation is 1. The number of rotatable bonds is 5. The zero-order chi connectivity index (χ0) is 18.0. The summed E-state index contributed by atoms with van der Waals surface area (Å²) in [6, 6.07) is 3.04. The zero-order valence-corrected chi connectivity index (χ0v) is 14.0. The van der Waals surface area contributed by atoms with Crippen LogP contribution in [0.15, 0.2) is 24.5 Å². The molecule has 0 aliphatic rings. The quantitative estimate of drug-likeness (QED) is 0.632. The number of hydrogen-bond acceptors (Lipinski definition) is 5. The molecule has 0 atom stereocenters. The van der Waals surface area contributed by atoms with Crippen LogP contribution < -0.4 is 4.74 Å². The van der Waals surface area contributed by atoms with Gasteiger partial charge in [0.15, 0.2) is 5.75 Å². The minimum atomic E-state index is -4.23. The van der Waals surface area contributed by atoms with Gasteiger partial charge in [0.25, 0.3) is 0 Å². The maximum atomic E-state index is 12.3. The Morgan fingerprint density at radius 2 is 1.80 bits per heavy atom. The Kier molecular flexibility index (Phi) is 4.96. The summed E-state index contributed by atoms with van der Waals surface area (Å²) in [4.78, 5) is 7.82. The maximum absolute atomic E-state index is 12.3. The summed E-state index contributed by atoms with van der Waals surface area (Å²) in [5, 5.41) is 8.46. The van der Waals surface area contributed by atoms with E-state index in [2.05, 4.69) is 20.3 Å². The fourth-order valence-electron chi connectivity index (χ4n) is 2.16. The van der Waals surface area contributed by atoms with Crippen molar-refractivity contribution < 1.29 is 17.9 Å². The van der Waals surface area contributed by atoms with Crippen molar-refractivity contribution in [1.29, 1.82) is 0 Å². The molecule has 0 aliphatic heterocycles. The van der Waals surface area contributed by atoms with E-state index in [0.717, 1.165) is 0 Å². The molecule has 11 heteroatoms. The van der Waals surface area contributed by atoms with E-state index in [4.69, 9.17) is 27.9 Å². The van der Waals surface area contributed by atoms with Crippen molar-refractivity contribution in [2.45, 2.75) is 25.6 Å². The van der Waals surface area contributed by atoms with Crippen molar-refractivity contribution >= 4 is 34.2 Å². The van der Waals surface area contributed by atoms with Crippen LogP contribution >= 0.6 is 23.2 Å². The molecular formula is C14H10Cl2F3N5O. The van der Waals surface area contributed by atoms with Crippen molar-refractivity contribution in [2.24, 2.45) is 0 Å². The van der Waals surface area contributed by atoms with Crippen LogP contribution in [-0.4, -0.2) is 31.1 Å². The van der Waals surface area contributed by atoms with Gasteiger partial charge in [0.05, 0.1) is 17.4 Å². The van der Waals surface area contributed by atoms with Gasteiger partial charge in [-0.3, -0.25) is 0 Å². The fraction of sp³-hybridized carbons (Fsp3) is 0.286. The van der Waals surface area contributed by atoms with Crippen LogP contribution in [0.4, 0.5) is 13.2 Å². The smallest absolute Gasteiger partial charge is 0.389 e. The Bertz CT molecular complexity index is 883. The first-order valence-electron chi connectivity index (χ1n) is 7.07. The Morgan fingerprint density at radius 3 is 2.48 bits per heavy atom. The molecule has 0 bridgehead atoms. The Labute approximate surface area is 149 Å². The monoisotopic (exact) mass is 391 g/mol. The maximum Gasteiger partial charge on any atom is 0.389 e. The number of hydrogen-bond donors (Lipinski definition) is 0. The summed E-state index contributed by atoms with van der Waals surface area (Å²) in [5.41, 5.74) is 0.800. The van der Waals surface area contributed by atoms with Crippen LogP contribution in [0.1, 0.15) is 12.8 Å². The summed E-state index contributed by atoms with van der Waals surface area (Å²) in [7, 11) is 0. The molecule has 2 heterocycles. The molecule has 0 N–H and O–H groups in total. The number of alkyl halides is 3. The van der Waals surface area contributed by atoms with E-state index in [1.54, 1.807) is 6.07 Å². The number of ether oxygens (including phenoxy) is 1. The minimum Gasteiger partial charge on any atom is -0.422 e. The predicted molar refractivity (Wildman–Crippen MR) is 84.9 cm³/mol. The molecule has 0 saturated carbocycles. The molecule has 0 radical (unpaired) electrons. The van der Waals surface area contributed by atoms with Crippen molar-refractivity contribution in [3.63, 3.8) is 0 Å². The van der Waals surface area contributed by atoms with E-state index in [1.807, 2.05) is 0 Å². The molecule has 0 fully saturated rings. The lowest BCUT2D eigenvalue weighted by atomic mass is 10.2. The van der Waals surface area contributed by atoms with Gasteiger partial charge in [-0.25, -0.2) is 14.6 Å². The summed E-state index contributed by atoms with van der Waals surface area (Å²) in [6.07, 6.45) is -2.58. The highest BCUT2D eigenvalue weighted by Gasteiger charge is 2.26. The first-order chi connectivity index (χ1) is 11.8. The van der Waals surface area contributed by atoms with E-state index < -0.39 is 12.6 Å². The van der Waals surface area contributed by atoms with Gasteiger partial charge in [-0.05, 0) is 12.5 Å². The minimum absolute atomic E-state index is 0.0102. The van der Waals surface area contributed by atoms with Crippen molar-refractivity contribution in [2.75, 3.05) is 0 Å². The van der Waals surface area contributed by atoms with E-state index in [1.165, 1.54) is 23.1 Å². The van der Waals surface area contributed by atoms with Gasteiger partial charge in [-0.2, -0.15) is 13.2 Å². The SMILES string of the molecule is FC(F)(F)CCCn1nnc2cc(Cl)cc(Oc3ncc(Cl)cn3)c21. The molecule has 132 valence electrons. The van der Waals surface area contributed by atoms with Crippen molar-refractivity contribution in [1.82, 2.24) is 25.0 Å². The highest BCUT2D eigenvalue weighted by Crippen LogP contribution is 2.32.